The van der Waals surface area contributed by atoms with Gasteiger partial charge in [-0.3, -0.25) is 9.78 Å². The van der Waals surface area contributed by atoms with Gasteiger partial charge in [0.15, 0.2) is 5.76 Å². The Morgan fingerprint density at radius 1 is 1.42 bits per heavy atom. The van der Waals surface area contributed by atoms with Gasteiger partial charge in [-0.25, -0.2) is 0 Å². The maximum Gasteiger partial charge on any atom is 0.239 e. The molecule has 3 aromatic heterocycles. The summed E-state index contributed by atoms with van der Waals surface area (Å²) >= 11 is 0. The van der Waals surface area contributed by atoms with Crippen LogP contribution in [0.2, 0.25) is 0 Å². The Kier molecular flexibility index (Phi) is 4.46. The Balaban J connectivity index is 1.90. The maximum absolute atomic E-state index is 12.5. The van der Waals surface area contributed by atoms with Gasteiger partial charge in [-0.05, 0) is 35.4 Å². The van der Waals surface area contributed by atoms with Crippen molar-refractivity contribution in [1.82, 2.24) is 30.2 Å². The Labute approximate surface area is 137 Å². The number of ketones is 1. The van der Waals surface area contributed by atoms with E-state index < -0.39 is 0 Å². The van der Waals surface area contributed by atoms with Gasteiger partial charge < -0.3 is 9.67 Å². The SMILES string of the molecule is CCc1cc(C(=O)C=C(O)c2nn[nH]n2)n(Cc2ccccn2)c1. The molecule has 3 heterocycles. The van der Waals surface area contributed by atoms with Crippen molar-refractivity contribution in [2.24, 2.45) is 0 Å². The van der Waals surface area contributed by atoms with Gasteiger partial charge in [0.2, 0.25) is 11.6 Å². The van der Waals surface area contributed by atoms with Crippen molar-refractivity contribution in [1.29, 1.82) is 0 Å². The zero-order chi connectivity index (χ0) is 16.9. The second-order valence-corrected chi connectivity index (χ2v) is 5.17. The van der Waals surface area contributed by atoms with Gasteiger partial charge in [0.25, 0.3) is 0 Å². The van der Waals surface area contributed by atoms with Gasteiger partial charge in [0.1, 0.15) is 0 Å². The first-order valence-corrected chi connectivity index (χ1v) is 7.45. The highest BCUT2D eigenvalue weighted by atomic mass is 16.3. The lowest BCUT2D eigenvalue weighted by molar-refractivity contribution is 0.103. The molecule has 0 bridgehead atoms. The van der Waals surface area contributed by atoms with Crippen LogP contribution in [0.4, 0.5) is 0 Å². The number of nitrogens with one attached hydrogen (secondary N) is 1. The number of aromatic amines is 1. The third kappa shape index (κ3) is 3.37. The highest BCUT2D eigenvalue weighted by Gasteiger charge is 2.15. The minimum Gasteiger partial charge on any atom is -0.504 e. The van der Waals surface area contributed by atoms with Crippen LogP contribution < -0.4 is 0 Å². The third-order valence-corrected chi connectivity index (χ3v) is 3.51. The minimum atomic E-state index is -0.340. The van der Waals surface area contributed by atoms with E-state index in [-0.39, 0.29) is 17.4 Å². The van der Waals surface area contributed by atoms with Crippen molar-refractivity contribution in [2.75, 3.05) is 0 Å². The molecule has 24 heavy (non-hydrogen) atoms. The second-order valence-electron chi connectivity index (χ2n) is 5.17. The number of H-pyrrole nitrogens is 1. The molecule has 8 nitrogen and oxygen atoms in total. The molecule has 0 unspecified atom stereocenters. The molecule has 0 aromatic carbocycles. The third-order valence-electron chi connectivity index (χ3n) is 3.51. The number of hydrogen-bond donors (Lipinski definition) is 2. The minimum absolute atomic E-state index is 0.0260. The standard InChI is InChI=1S/C16H16N6O2/c1-2-11-7-13(14(23)8-15(24)16-18-20-21-19-16)22(9-11)10-12-5-3-4-6-17-12/h3-9,24H,2,10H2,1H3,(H,18,19,20,21). The topological polar surface area (TPSA) is 110 Å². The van der Waals surface area contributed by atoms with Gasteiger partial charge in [0, 0.05) is 18.5 Å². The van der Waals surface area contributed by atoms with Crippen molar-refractivity contribution in [3.8, 4) is 0 Å². The molecule has 8 heteroatoms. The largest absolute Gasteiger partial charge is 0.504 e. The molecular formula is C16H16N6O2. The highest BCUT2D eigenvalue weighted by molar-refractivity contribution is 6.06. The summed E-state index contributed by atoms with van der Waals surface area (Å²) in [6.45, 7) is 2.49. The fourth-order valence-electron chi connectivity index (χ4n) is 2.30. The van der Waals surface area contributed by atoms with Crippen LogP contribution in [0, 0.1) is 0 Å². The van der Waals surface area contributed by atoms with E-state index in [2.05, 4.69) is 25.6 Å². The predicted octanol–water partition coefficient (Wildman–Crippen LogP) is 1.79. The number of aliphatic hydroxyl groups is 1. The zero-order valence-corrected chi connectivity index (χ0v) is 13.0. The zero-order valence-electron chi connectivity index (χ0n) is 13.0. The van der Waals surface area contributed by atoms with Gasteiger partial charge in [0.05, 0.1) is 17.9 Å². The molecule has 0 spiro atoms. The van der Waals surface area contributed by atoms with Crippen LogP contribution in [-0.2, 0) is 13.0 Å². The lowest BCUT2D eigenvalue weighted by Crippen LogP contribution is -2.09. The summed E-state index contributed by atoms with van der Waals surface area (Å²) in [5.74, 6) is -0.702. The summed E-state index contributed by atoms with van der Waals surface area (Å²) in [4.78, 5) is 16.8. The molecule has 122 valence electrons. The van der Waals surface area contributed by atoms with Crippen LogP contribution in [0.5, 0.6) is 0 Å². The molecule has 0 atom stereocenters. The van der Waals surface area contributed by atoms with Crippen LogP contribution in [0.1, 0.15) is 34.5 Å². The van der Waals surface area contributed by atoms with Crippen LogP contribution in [0.3, 0.4) is 0 Å². The van der Waals surface area contributed by atoms with Gasteiger partial charge in [-0.1, -0.05) is 13.0 Å². The average Bonchev–Trinajstić information content (AvgIpc) is 3.25. The van der Waals surface area contributed by atoms with Crippen molar-refractivity contribution in [3.05, 3.63) is 65.5 Å². The molecule has 3 aromatic rings. The summed E-state index contributed by atoms with van der Waals surface area (Å²) in [6, 6.07) is 7.45. The number of aliphatic hydroxyl groups excluding tert-OH is 1. The molecule has 0 fully saturated rings. The molecule has 3 rings (SSSR count). The monoisotopic (exact) mass is 324 g/mol. The number of carbonyl (C=O) groups excluding carboxylic acids is 1. The number of aryl methyl sites for hydroxylation is 1. The summed E-state index contributed by atoms with van der Waals surface area (Å²) in [6.07, 6.45) is 5.52. The summed E-state index contributed by atoms with van der Waals surface area (Å²) in [7, 11) is 0. The average molecular weight is 324 g/mol. The number of nitrogens with zero attached hydrogens (tertiary/aromatic N) is 5. The first kappa shape index (κ1) is 15.6. The molecule has 0 saturated carbocycles. The van der Waals surface area contributed by atoms with Crippen LogP contribution >= 0.6 is 0 Å². The van der Waals surface area contributed by atoms with Crippen LogP contribution in [0.25, 0.3) is 5.76 Å². The van der Waals surface area contributed by atoms with Gasteiger partial charge >= 0.3 is 0 Å². The van der Waals surface area contributed by atoms with Gasteiger partial charge in [-0.15, -0.1) is 10.2 Å². The first-order valence-electron chi connectivity index (χ1n) is 7.45. The lowest BCUT2D eigenvalue weighted by Gasteiger charge is -2.06. The molecule has 0 aliphatic rings. The van der Waals surface area contributed by atoms with E-state index >= 15 is 0 Å². The summed E-state index contributed by atoms with van der Waals surface area (Å²) in [5, 5.41) is 22.8. The van der Waals surface area contributed by atoms with Crippen molar-refractivity contribution < 1.29 is 9.90 Å². The van der Waals surface area contributed by atoms with Crippen molar-refractivity contribution in [3.63, 3.8) is 0 Å². The molecule has 0 amide bonds. The fourth-order valence-corrected chi connectivity index (χ4v) is 2.30. The maximum atomic E-state index is 12.5. The quantitative estimate of drug-likeness (QED) is 0.406. The van der Waals surface area contributed by atoms with E-state index in [1.54, 1.807) is 6.20 Å². The number of rotatable bonds is 6. The second kappa shape index (κ2) is 6.86. The van der Waals surface area contributed by atoms with E-state index in [9.17, 15) is 9.90 Å². The molecule has 0 radical (unpaired) electrons. The molecule has 0 aliphatic heterocycles. The van der Waals surface area contributed by atoms with E-state index in [1.165, 1.54) is 0 Å². The number of tetrazole rings is 1. The predicted molar refractivity (Wildman–Crippen MR) is 86.3 cm³/mol. The molecular weight excluding hydrogens is 308 g/mol. The molecule has 0 aliphatic carbocycles. The Morgan fingerprint density at radius 3 is 2.96 bits per heavy atom. The molecule has 2 N–H and O–H groups in total. The van der Waals surface area contributed by atoms with E-state index in [0.29, 0.717) is 12.2 Å². The van der Waals surface area contributed by atoms with Gasteiger partial charge in [-0.2, -0.15) is 5.21 Å². The number of hydrogen-bond acceptors (Lipinski definition) is 6. The lowest BCUT2D eigenvalue weighted by atomic mass is 10.2. The number of carbonyl (C=O) groups is 1. The van der Waals surface area contributed by atoms with Crippen molar-refractivity contribution >= 4 is 11.5 Å². The summed E-state index contributed by atoms with van der Waals surface area (Å²) < 4.78 is 1.82. The highest BCUT2D eigenvalue weighted by Crippen LogP contribution is 2.15. The Hall–Kier alpha value is -3.29. The smallest absolute Gasteiger partial charge is 0.239 e. The van der Waals surface area contributed by atoms with E-state index in [1.807, 2.05) is 42.0 Å². The Morgan fingerprint density at radius 2 is 2.29 bits per heavy atom. The van der Waals surface area contributed by atoms with E-state index in [0.717, 1.165) is 23.8 Å². The number of pyridine rings is 1. The molecule has 0 saturated heterocycles. The van der Waals surface area contributed by atoms with Crippen LogP contribution in [0.15, 0.2) is 42.7 Å². The van der Waals surface area contributed by atoms with Crippen molar-refractivity contribution in [2.45, 2.75) is 19.9 Å². The van der Waals surface area contributed by atoms with Crippen LogP contribution in [-0.4, -0.2) is 41.1 Å². The van der Waals surface area contributed by atoms with E-state index in [4.69, 9.17) is 0 Å². The fraction of sp³-hybridized carbons (Fsp3) is 0.188. The number of allylic oxidation sites excluding steroid dienone is 1. The Bertz CT molecular complexity index is 852. The summed E-state index contributed by atoms with van der Waals surface area (Å²) in [5.41, 5.74) is 2.34. The first-order chi connectivity index (χ1) is 11.7. The normalized spacial score (nSPS) is 11.6. The number of aromatic nitrogens is 6.